The summed E-state index contributed by atoms with van der Waals surface area (Å²) in [5.74, 6) is 0.739. The molecule has 1 aromatic carbocycles. The van der Waals surface area contributed by atoms with E-state index in [-0.39, 0.29) is 6.04 Å². The second-order valence-electron chi connectivity index (χ2n) is 4.81. The molecular weight excluding hydrogens is 242 g/mol. The van der Waals surface area contributed by atoms with E-state index in [1.54, 1.807) is 0 Å². The van der Waals surface area contributed by atoms with Crippen molar-refractivity contribution in [2.75, 3.05) is 7.05 Å². The molecule has 2 aromatic rings. The van der Waals surface area contributed by atoms with Gasteiger partial charge >= 0.3 is 0 Å². The third-order valence-electron chi connectivity index (χ3n) is 3.81. The number of hydrogen-bond donors (Lipinski definition) is 1. The average molecular weight is 259 g/mol. The van der Waals surface area contributed by atoms with Crippen LogP contribution in [-0.4, -0.2) is 16.6 Å². The minimum absolute atomic E-state index is 0.167. The van der Waals surface area contributed by atoms with Crippen molar-refractivity contribution in [2.24, 2.45) is 0 Å². The Hall–Kier alpha value is -1.26. The molecule has 0 saturated heterocycles. The molecule has 0 bridgehead atoms. The Morgan fingerprint density at radius 2 is 2.17 bits per heavy atom. The SMILES string of the molecule is CNC(c1csnn1)c1ccccc1C1CCC1. The summed E-state index contributed by atoms with van der Waals surface area (Å²) >= 11 is 1.41. The Bertz CT molecular complexity index is 506. The predicted molar refractivity (Wildman–Crippen MR) is 73.8 cm³/mol. The van der Waals surface area contributed by atoms with Crippen molar-refractivity contribution in [1.82, 2.24) is 14.9 Å². The molecule has 0 amide bonds. The number of rotatable bonds is 4. The standard InChI is InChI=1S/C14H17N3S/c1-15-14(13-9-18-17-16-13)12-8-3-2-7-11(12)10-5-4-6-10/h2-3,7-10,14-15H,4-6H2,1H3. The van der Waals surface area contributed by atoms with Crippen LogP contribution in [0.25, 0.3) is 0 Å². The van der Waals surface area contributed by atoms with Crippen molar-refractivity contribution in [3.8, 4) is 0 Å². The summed E-state index contributed by atoms with van der Waals surface area (Å²) in [7, 11) is 1.99. The molecule has 1 saturated carbocycles. The zero-order chi connectivity index (χ0) is 12.4. The van der Waals surface area contributed by atoms with E-state index in [2.05, 4.69) is 39.2 Å². The van der Waals surface area contributed by atoms with E-state index in [0.29, 0.717) is 0 Å². The highest BCUT2D eigenvalue weighted by atomic mass is 32.1. The van der Waals surface area contributed by atoms with Crippen LogP contribution in [0.3, 0.4) is 0 Å². The fourth-order valence-corrected chi connectivity index (χ4v) is 3.10. The maximum Gasteiger partial charge on any atom is 0.0970 e. The van der Waals surface area contributed by atoms with Gasteiger partial charge in [-0.25, -0.2) is 0 Å². The highest BCUT2D eigenvalue weighted by Crippen LogP contribution is 2.40. The molecule has 18 heavy (non-hydrogen) atoms. The van der Waals surface area contributed by atoms with Crippen LogP contribution >= 0.6 is 11.5 Å². The quantitative estimate of drug-likeness (QED) is 0.916. The summed E-state index contributed by atoms with van der Waals surface area (Å²) in [5, 5.41) is 9.61. The van der Waals surface area contributed by atoms with E-state index >= 15 is 0 Å². The summed E-state index contributed by atoms with van der Waals surface area (Å²) in [5.41, 5.74) is 3.86. The van der Waals surface area contributed by atoms with E-state index in [1.807, 2.05) is 12.4 Å². The Morgan fingerprint density at radius 1 is 1.33 bits per heavy atom. The molecule has 94 valence electrons. The van der Waals surface area contributed by atoms with Crippen LogP contribution in [0.2, 0.25) is 0 Å². The Morgan fingerprint density at radius 3 is 2.78 bits per heavy atom. The van der Waals surface area contributed by atoms with Gasteiger partial charge in [0.15, 0.2) is 0 Å². The van der Waals surface area contributed by atoms with Gasteiger partial charge in [0.2, 0.25) is 0 Å². The first kappa shape index (κ1) is 11.8. The lowest BCUT2D eigenvalue weighted by atomic mass is 9.77. The number of benzene rings is 1. The highest BCUT2D eigenvalue weighted by Gasteiger charge is 2.25. The average Bonchev–Trinajstić information content (AvgIpc) is 2.84. The van der Waals surface area contributed by atoms with Crippen LogP contribution in [0.4, 0.5) is 0 Å². The van der Waals surface area contributed by atoms with E-state index in [9.17, 15) is 0 Å². The van der Waals surface area contributed by atoms with Gasteiger partial charge in [0, 0.05) is 5.38 Å². The van der Waals surface area contributed by atoms with Gasteiger partial charge in [-0.15, -0.1) is 5.10 Å². The molecule has 1 aliphatic carbocycles. The van der Waals surface area contributed by atoms with Gasteiger partial charge in [-0.3, -0.25) is 0 Å². The fraction of sp³-hybridized carbons (Fsp3) is 0.429. The van der Waals surface area contributed by atoms with E-state index in [0.717, 1.165) is 11.6 Å². The molecule has 1 atom stereocenters. The van der Waals surface area contributed by atoms with Crippen molar-refractivity contribution < 1.29 is 0 Å². The lowest BCUT2D eigenvalue weighted by Crippen LogP contribution is -2.22. The Kier molecular flexibility index (Phi) is 3.39. The number of hydrogen-bond acceptors (Lipinski definition) is 4. The molecule has 1 fully saturated rings. The van der Waals surface area contributed by atoms with E-state index in [1.165, 1.54) is 41.9 Å². The molecule has 1 N–H and O–H groups in total. The summed E-state index contributed by atoms with van der Waals surface area (Å²) in [6.07, 6.45) is 4.01. The summed E-state index contributed by atoms with van der Waals surface area (Å²) in [6.45, 7) is 0. The van der Waals surface area contributed by atoms with Gasteiger partial charge in [-0.2, -0.15) is 0 Å². The Balaban J connectivity index is 1.99. The van der Waals surface area contributed by atoms with Crippen molar-refractivity contribution in [3.63, 3.8) is 0 Å². The van der Waals surface area contributed by atoms with Gasteiger partial charge in [0.05, 0.1) is 11.7 Å². The minimum Gasteiger partial charge on any atom is -0.308 e. The topological polar surface area (TPSA) is 37.8 Å². The minimum atomic E-state index is 0.167. The Labute approximate surface area is 111 Å². The molecule has 0 radical (unpaired) electrons. The number of aromatic nitrogens is 2. The normalized spacial score (nSPS) is 17.4. The van der Waals surface area contributed by atoms with Crippen LogP contribution in [0.1, 0.15) is 48.0 Å². The second kappa shape index (κ2) is 5.16. The summed E-state index contributed by atoms with van der Waals surface area (Å²) < 4.78 is 3.98. The summed E-state index contributed by atoms with van der Waals surface area (Å²) in [6, 6.07) is 8.91. The first-order chi connectivity index (χ1) is 8.90. The molecule has 1 aromatic heterocycles. The molecule has 0 aliphatic heterocycles. The first-order valence-electron chi connectivity index (χ1n) is 6.43. The van der Waals surface area contributed by atoms with Crippen molar-refractivity contribution in [3.05, 3.63) is 46.5 Å². The van der Waals surface area contributed by atoms with Crippen LogP contribution in [0, 0.1) is 0 Å². The van der Waals surface area contributed by atoms with Crippen LogP contribution in [0.15, 0.2) is 29.6 Å². The molecule has 3 nitrogen and oxygen atoms in total. The van der Waals surface area contributed by atoms with E-state index in [4.69, 9.17) is 0 Å². The molecule has 3 rings (SSSR count). The molecule has 1 unspecified atom stereocenters. The number of nitrogens with zero attached hydrogens (tertiary/aromatic N) is 2. The van der Waals surface area contributed by atoms with Gasteiger partial charge in [-0.1, -0.05) is 35.2 Å². The predicted octanol–water partition coefficient (Wildman–Crippen LogP) is 3.11. The van der Waals surface area contributed by atoms with Crippen LogP contribution < -0.4 is 5.32 Å². The third kappa shape index (κ3) is 2.06. The first-order valence-corrected chi connectivity index (χ1v) is 7.27. The second-order valence-corrected chi connectivity index (χ2v) is 5.42. The molecule has 0 spiro atoms. The van der Waals surface area contributed by atoms with E-state index < -0.39 is 0 Å². The van der Waals surface area contributed by atoms with Gasteiger partial charge in [-0.05, 0) is 48.5 Å². The molecule has 1 aliphatic rings. The van der Waals surface area contributed by atoms with Crippen molar-refractivity contribution in [1.29, 1.82) is 0 Å². The number of nitrogens with one attached hydrogen (secondary N) is 1. The zero-order valence-electron chi connectivity index (χ0n) is 10.5. The largest absolute Gasteiger partial charge is 0.308 e. The highest BCUT2D eigenvalue weighted by molar-refractivity contribution is 7.03. The van der Waals surface area contributed by atoms with Crippen LogP contribution in [-0.2, 0) is 0 Å². The lowest BCUT2D eigenvalue weighted by Gasteiger charge is -2.30. The zero-order valence-corrected chi connectivity index (χ0v) is 11.3. The van der Waals surface area contributed by atoms with Gasteiger partial charge in [0.25, 0.3) is 0 Å². The van der Waals surface area contributed by atoms with Crippen LogP contribution in [0.5, 0.6) is 0 Å². The maximum atomic E-state index is 4.21. The maximum absolute atomic E-state index is 4.21. The monoisotopic (exact) mass is 259 g/mol. The summed E-state index contributed by atoms with van der Waals surface area (Å²) in [4.78, 5) is 0. The van der Waals surface area contributed by atoms with Crippen molar-refractivity contribution in [2.45, 2.75) is 31.2 Å². The van der Waals surface area contributed by atoms with Gasteiger partial charge < -0.3 is 5.32 Å². The third-order valence-corrected chi connectivity index (χ3v) is 4.34. The molecule has 4 heteroatoms. The van der Waals surface area contributed by atoms with Gasteiger partial charge in [0.1, 0.15) is 0 Å². The van der Waals surface area contributed by atoms with Crippen molar-refractivity contribution >= 4 is 11.5 Å². The lowest BCUT2D eigenvalue weighted by molar-refractivity contribution is 0.414. The smallest absolute Gasteiger partial charge is 0.0970 e. The fourth-order valence-electron chi connectivity index (χ4n) is 2.63. The molecule has 1 heterocycles. The molecular formula is C14H17N3S.